The number of rotatable bonds is 4. The Hall–Kier alpha value is -1.57. The SMILES string of the molecule is CC[Si](C)(C)O[Si](C)(C)CC.Oc1ccccc1.Oc1ccccc1. The van der Waals surface area contributed by atoms with Gasteiger partial charge in [-0.05, 0) is 62.5 Å². The summed E-state index contributed by atoms with van der Waals surface area (Å²) in [6.45, 7) is 13.8. The van der Waals surface area contributed by atoms with Crippen LogP contribution in [0.25, 0.3) is 0 Å². The van der Waals surface area contributed by atoms with E-state index in [1.807, 2.05) is 12.1 Å². The molecule has 3 nitrogen and oxygen atoms in total. The van der Waals surface area contributed by atoms with Crippen LogP contribution < -0.4 is 0 Å². The number of aromatic hydroxyl groups is 2. The molecule has 25 heavy (non-hydrogen) atoms. The van der Waals surface area contributed by atoms with E-state index in [2.05, 4.69) is 40.0 Å². The van der Waals surface area contributed by atoms with E-state index in [1.165, 1.54) is 12.1 Å². The molecule has 0 heterocycles. The lowest BCUT2D eigenvalue weighted by Gasteiger charge is -2.32. The van der Waals surface area contributed by atoms with Gasteiger partial charge in [-0.25, -0.2) is 0 Å². The first-order valence-electron chi connectivity index (χ1n) is 8.80. The van der Waals surface area contributed by atoms with Gasteiger partial charge in [0.2, 0.25) is 0 Å². The Labute approximate surface area is 155 Å². The van der Waals surface area contributed by atoms with Crippen molar-refractivity contribution in [2.45, 2.75) is 52.1 Å². The summed E-state index contributed by atoms with van der Waals surface area (Å²) in [7, 11) is -2.54. The van der Waals surface area contributed by atoms with E-state index >= 15 is 0 Å². The highest BCUT2D eigenvalue weighted by atomic mass is 28.4. The molecule has 0 fully saturated rings. The third kappa shape index (κ3) is 13.4. The van der Waals surface area contributed by atoms with E-state index in [-0.39, 0.29) is 0 Å². The highest BCUT2D eigenvalue weighted by Crippen LogP contribution is 2.20. The van der Waals surface area contributed by atoms with Crippen molar-refractivity contribution in [1.29, 1.82) is 0 Å². The van der Waals surface area contributed by atoms with Crippen LogP contribution >= 0.6 is 0 Å². The molecular formula is C20H34O3Si2. The van der Waals surface area contributed by atoms with Crippen LogP contribution in [0.2, 0.25) is 38.3 Å². The van der Waals surface area contributed by atoms with Crippen molar-refractivity contribution >= 4 is 16.6 Å². The quantitative estimate of drug-likeness (QED) is 0.619. The minimum absolute atomic E-state index is 0.322. The van der Waals surface area contributed by atoms with E-state index in [0.29, 0.717) is 11.5 Å². The summed E-state index contributed by atoms with van der Waals surface area (Å²) < 4.78 is 6.20. The first-order valence-corrected chi connectivity index (χ1v) is 15.0. The van der Waals surface area contributed by atoms with Crippen LogP contribution in [-0.4, -0.2) is 26.8 Å². The van der Waals surface area contributed by atoms with Crippen LogP contribution in [0, 0.1) is 0 Å². The van der Waals surface area contributed by atoms with Gasteiger partial charge < -0.3 is 14.3 Å². The van der Waals surface area contributed by atoms with E-state index in [0.717, 1.165) is 0 Å². The molecule has 0 amide bonds. The van der Waals surface area contributed by atoms with Gasteiger partial charge in [0.25, 0.3) is 0 Å². The molecule has 0 aliphatic rings. The second-order valence-corrected chi connectivity index (χ2v) is 16.3. The predicted molar refractivity (Wildman–Crippen MR) is 113 cm³/mol. The zero-order chi connectivity index (χ0) is 19.3. The van der Waals surface area contributed by atoms with Crippen LogP contribution in [-0.2, 0) is 4.12 Å². The number of hydrogen-bond donors (Lipinski definition) is 2. The first kappa shape index (κ1) is 23.4. The summed E-state index contributed by atoms with van der Waals surface area (Å²) in [5.74, 6) is 0.644. The van der Waals surface area contributed by atoms with Crippen molar-refractivity contribution in [2.75, 3.05) is 0 Å². The summed E-state index contributed by atoms with van der Waals surface area (Å²) in [6, 6.07) is 19.9. The van der Waals surface area contributed by atoms with Gasteiger partial charge in [0.05, 0.1) is 0 Å². The van der Waals surface area contributed by atoms with E-state index < -0.39 is 16.6 Å². The molecule has 5 heteroatoms. The molecule has 0 atom stereocenters. The van der Waals surface area contributed by atoms with Gasteiger partial charge in [0.15, 0.2) is 16.6 Å². The molecule has 2 aromatic carbocycles. The molecule has 0 saturated heterocycles. The van der Waals surface area contributed by atoms with Gasteiger partial charge in [-0.15, -0.1) is 0 Å². The Balaban J connectivity index is 0.000000358. The minimum atomic E-state index is -1.27. The Bertz CT molecular complexity index is 506. The molecule has 0 unspecified atom stereocenters. The molecule has 0 saturated carbocycles. The molecular weight excluding hydrogens is 344 g/mol. The predicted octanol–water partition coefficient (Wildman–Crippen LogP) is 6.24. The molecule has 140 valence electrons. The summed E-state index contributed by atoms with van der Waals surface area (Å²) in [4.78, 5) is 0. The molecule has 0 aliphatic heterocycles. The topological polar surface area (TPSA) is 49.7 Å². The van der Waals surface area contributed by atoms with Crippen molar-refractivity contribution < 1.29 is 14.3 Å². The zero-order valence-corrected chi connectivity index (χ0v) is 18.5. The van der Waals surface area contributed by atoms with Crippen LogP contribution in [0.5, 0.6) is 11.5 Å². The lowest BCUT2D eigenvalue weighted by atomic mass is 10.3. The lowest BCUT2D eigenvalue weighted by molar-refractivity contribution is 0.475. The Kier molecular flexibility index (Phi) is 11.2. The molecule has 0 spiro atoms. The third-order valence-corrected chi connectivity index (χ3v) is 11.6. The molecule has 2 aromatic rings. The maximum absolute atomic E-state index is 8.63. The smallest absolute Gasteiger partial charge is 0.173 e. The van der Waals surface area contributed by atoms with Crippen LogP contribution in [0.1, 0.15) is 13.8 Å². The largest absolute Gasteiger partial charge is 0.508 e. The first-order chi connectivity index (χ1) is 11.6. The maximum Gasteiger partial charge on any atom is 0.173 e. The Morgan fingerprint density at radius 3 is 1.08 bits per heavy atom. The van der Waals surface area contributed by atoms with E-state index in [1.54, 1.807) is 48.5 Å². The van der Waals surface area contributed by atoms with Crippen LogP contribution in [0.4, 0.5) is 0 Å². The lowest BCUT2D eigenvalue weighted by Crippen LogP contribution is -2.43. The minimum Gasteiger partial charge on any atom is -0.508 e. The molecule has 0 aliphatic carbocycles. The highest BCUT2D eigenvalue weighted by Gasteiger charge is 2.29. The fraction of sp³-hybridized carbons (Fsp3) is 0.400. The van der Waals surface area contributed by atoms with Gasteiger partial charge in [-0.2, -0.15) is 0 Å². The summed E-state index contributed by atoms with van der Waals surface area (Å²) in [5.41, 5.74) is 0. The molecule has 0 bridgehead atoms. The van der Waals surface area contributed by atoms with Gasteiger partial charge >= 0.3 is 0 Å². The van der Waals surface area contributed by atoms with Crippen molar-refractivity contribution in [3.8, 4) is 11.5 Å². The number of benzene rings is 2. The standard InChI is InChI=1S/C8H22OSi2.2C6H6O/c1-7-10(3,4)9-11(5,6)8-2;2*7-6-4-2-1-3-5-6/h7-8H2,1-6H3;2*1-5,7H. The van der Waals surface area contributed by atoms with Gasteiger partial charge in [0.1, 0.15) is 11.5 Å². The average molecular weight is 379 g/mol. The van der Waals surface area contributed by atoms with Crippen molar-refractivity contribution in [2.24, 2.45) is 0 Å². The second-order valence-electron chi connectivity index (χ2n) is 7.00. The zero-order valence-electron chi connectivity index (χ0n) is 16.5. The normalized spacial score (nSPS) is 10.8. The fourth-order valence-electron chi connectivity index (χ4n) is 1.75. The van der Waals surface area contributed by atoms with Gasteiger partial charge in [-0.1, -0.05) is 50.2 Å². The molecule has 2 N–H and O–H groups in total. The monoisotopic (exact) mass is 378 g/mol. The average Bonchev–Trinajstić information content (AvgIpc) is 2.57. The van der Waals surface area contributed by atoms with Crippen molar-refractivity contribution in [3.63, 3.8) is 0 Å². The number of phenolic OH excluding ortho intramolecular Hbond substituents is 2. The Morgan fingerprint density at radius 1 is 0.640 bits per heavy atom. The summed E-state index contributed by atoms with van der Waals surface area (Å²) in [6.07, 6.45) is 0. The van der Waals surface area contributed by atoms with Gasteiger partial charge in [0, 0.05) is 0 Å². The summed E-state index contributed by atoms with van der Waals surface area (Å²) >= 11 is 0. The van der Waals surface area contributed by atoms with Crippen LogP contribution in [0.15, 0.2) is 60.7 Å². The fourth-order valence-corrected chi connectivity index (χ4v) is 8.89. The van der Waals surface area contributed by atoms with Crippen LogP contribution in [0.3, 0.4) is 0 Å². The van der Waals surface area contributed by atoms with Crippen molar-refractivity contribution in [3.05, 3.63) is 60.7 Å². The van der Waals surface area contributed by atoms with Crippen molar-refractivity contribution in [1.82, 2.24) is 0 Å². The second kappa shape index (κ2) is 11.9. The Morgan fingerprint density at radius 2 is 0.920 bits per heavy atom. The maximum atomic E-state index is 8.63. The number of phenols is 2. The number of para-hydroxylation sites is 2. The summed E-state index contributed by atoms with van der Waals surface area (Å²) in [5, 5.41) is 17.3. The van der Waals surface area contributed by atoms with E-state index in [9.17, 15) is 0 Å². The van der Waals surface area contributed by atoms with E-state index in [4.69, 9.17) is 14.3 Å². The highest BCUT2D eigenvalue weighted by molar-refractivity contribution is 6.84. The molecule has 0 aromatic heterocycles. The number of hydrogen-bond acceptors (Lipinski definition) is 3. The molecule has 0 radical (unpaired) electrons. The van der Waals surface area contributed by atoms with Gasteiger partial charge in [-0.3, -0.25) is 0 Å². The molecule has 2 rings (SSSR count). The third-order valence-electron chi connectivity index (χ3n) is 3.77.